The molecule has 4 nitrogen and oxygen atoms in total. The number of rotatable bonds is 3. The molecule has 0 unspecified atom stereocenters. The van der Waals surface area contributed by atoms with Gasteiger partial charge >= 0.3 is 0 Å². The van der Waals surface area contributed by atoms with Crippen LogP contribution in [0.4, 0.5) is 0 Å². The van der Waals surface area contributed by atoms with Crippen molar-refractivity contribution < 1.29 is 4.79 Å². The maximum Gasteiger partial charge on any atom is 0.247 e. The second-order valence-electron chi connectivity index (χ2n) is 5.54. The van der Waals surface area contributed by atoms with Gasteiger partial charge in [-0.3, -0.25) is 4.79 Å². The van der Waals surface area contributed by atoms with E-state index in [1.54, 1.807) is 0 Å². The average molecular weight is 419 g/mol. The first-order chi connectivity index (χ1) is 11.2. The van der Waals surface area contributed by atoms with Crippen molar-refractivity contribution in [3.05, 3.63) is 57.3 Å². The lowest BCUT2D eigenvalue weighted by molar-refractivity contribution is -0.117. The molecule has 23 heavy (non-hydrogen) atoms. The molecular formula is C18H18IN3O. The van der Waals surface area contributed by atoms with Gasteiger partial charge in [-0.15, -0.1) is 0 Å². The van der Waals surface area contributed by atoms with Crippen molar-refractivity contribution in [3.63, 3.8) is 0 Å². The summed E-state index contributed by atoms with van der Waals surface area (Å²) in [5.41, 5.74) is 2.07. The SMILES string of the molecule is CCCCC(=O)N=C1N=C2C=CC(I)=CN2Cc2ccccc21. The third kappa shape index (κ3) is 3.77. The summed E-state index contributed by atoms with van der Waals surface area (Å²) < 4.78 is 1.15. The fourth-order valence-electron chi connectivity index (χ4n) is 2.55. The van der Waals surface area contributed by atoms with Crippen LogP contribution in [0.15, 0.2) is 56.2 Å². The largest absolute Gasteiger partial charge is 0.327 e. The first-order valence-corrected chi connectivity index (χ1v) is 8.86. The molecule has 0 spiro atoms. The van der Waals surface area contributed by atoms with E-state index >= 15 is 0 Å². The number of hydrogen-bond acceptors (Lipinski definition) is 2. The smallest absolute Gasteiger partial charge is 0.247 e. The number of carbonyl (C=O) groups excluding carboxylic acids is 1. The predicted octanol–water partition coefficient (Wildman–Crippen LogP) is 4.21. The number of amidine groups is 2. The summed E-state index contributed by atoms with van der Waals surface area (Å²) in [6.45, 7) is 2.80. The second-order valence-corrected chi connectivity index (χ2v) is 6.78. The van der Waals surface area contributed by atoms with Crippen molar-refractivity contribution in [2.24, 2.45) is 9.98 Å². The second kappa shape index (κ2) is 7.21. The summed E-state index contributed by atoms with van der Waals surface area (Å²) in [7, 11) is 0. The number of halogens is 1. The van der Waals surface area contributed by atoms with Gasteiger partial charge in [0.25, 0.3) is 0 Å². The molecular weight excluding hydrogens is 401 g/mol. The number of nitrogens with zero attached hydrogens (tertiary/aromatic N) is 3. The summed E-state index contributed by atoms with van der Waals surface area (Å²) in [5, 5.41) is 0. The van der Waals surface area contributed by atoms with Crippen molar-refractivity contribution in [3.8, 4) is 0 Å². The molecule has 1 amide bonds. The summed E-state index contributed by atoms with van der Waals surface area (Å²) in [6.07, 6.45) is 8.38. The zero-order chi connectivity index (χ0) is 16.2. The molecule has 0 saturated carbocycles. The van der Waals surface area contributed by atoms with Gasteiger partial charge in [0, 0.05) is 28.3 Å². The number of aliphatic imine (C=N–C) groups is 2. The van der Waals surface area contributed by atoms with E-state index in [-0.39, 0.29) is 5.91 Å². The van der Waals surface area contributed by atoms with E-state index in [0.29, 0.717) is 12.3 Å². The highest BCUT2D eigenvalue weighted by molar-refractivity contribution is 14.1. The van der Waals surface area contributed by atoms with Gasteiger partial charge in [0.2, 0.25) is 5.91 Å². The van der Waals surface area contributed by atoms with Crippen LogP contribution in [0.25, 0.3) is 0 Å². The Balaban J connectivity index is 2.03. The average Bonchev–Trinajstić information content (AvgIpc) is 2.69. The number of hydrogen-bond donors (Lipinski definition) is 0. The van der Waals surface area contributed by atoms with Crippen LogP contribution < -0.4 is 0 Å². The minimum atomic E-state index is -0.0978. The van der Waals surface area contributed by atoms with Gasteiger partial charge < -0.3 is 4.90 Å². The Morgan fingerprint density at radius 2 is 2.17 bits per heavy atom. The summed E-state index contributed by atoms with van der Waals surface area (Å²) in [4.78, 5) is 23.2. The quantitative estimate of drug-likeness (QED) is 0.690. The molecule has 118 valence electrons. The van der Waals surface area contributed by atoms with Crippen molar-refractivity contribution >= 4 is 40.2 Å². The van der Waals surface area contributed by atoms with E-state index in [2.05, 4.69) is 56.7 Å². The van der Waals surface area contributed by atoms with Gasteiger partial charge in [-0.05, 0) is 46.7 Å². The number of benzene rings is 1. The maximum absolute atomic E-state index is 12.1. The van der Waals surface area contributed by atoms with Crippen LogP contribution in [0.5, 0.6) is 0 Å². The Kier molecular flexibility index (Phi) is 5.05. The van der Waals surface area contributed by atoms with Crippen molar-refractivity contribution in [2.45, 2.75) is 32.7 Å². The number of amides is 1. The van der Waals surface area contributed by atoms with E-state index in [1.807, 2.05) is 30.4 Å². The van der Waals surface area contributed by atoms with Crippen molar-refractivity contribution in [1.82, 2.24) is 4.90 Å². The van der Waals surface area contributed by atoms with Crippen LogP contribution in [0.2, 0.25) is 0 Å². The summed E-state index contributed by atoms with van der Waals surface area (Å²) in [6, 6.07) is 8.03. The van der Waals surface area contributed by atoms with Crippen LogP contribution in [0, 0.1) is 0 Å². The summed E-state index contributed by atoms with van der Waals surface area (Å²) >= 11 is 2.29. The molecule has 0 bridgehead atoms. The van der Waals surface area contributed by atoms with Gasteiger partial charge in [0.1, 0.15) is 5.84 Å². The van der Waals surface area contributed by atoms with Crippen LogP contribution in [-0.2, 0) is 11.3 Å². The molecule has 1 aromatic rings. The van der Waals surface area contributed by atoms with Gasteiger partial charge in [0.15, 0.2) is 5.84 Å². The van der Waals surface area contributed by atoms with Crippen LogP contribution in [0.1, 0.15) is 37.3 Å². The normalized spacial score (nSPS) is 18.0. The lowest BCUT2D eigenvalue weighted by Gasteiger charge is -2.21. The van der Waals surface area contributed by atoms with Gasteiger partial charge in [-0.25, -0.2) is 4.99 Å². The first-order valence-electron chi connectivity index (χ1n) is 7.78. The standard InChI is InChI=1S/C18H18IN3O/c1-2-3-8-17(23)21-18-15-7-5-4-6-13(15)11-22-12-14(19)9-10-16(22)20-18/h4-7,9-10,12H,2-3,8,11H2,1H3. The lowest BCUT2D eigenvalue weighted by Crippen LogP contribution is -2.24. The molecule has 0 N–H and O–H groups in total. The monoisotopic (exact) mass is 419 g/mol. The van der Waals surface area contributed by atoms with Crippen molar-refractivity contribution in [2.75, 3.05) is 0 Å². The Morgan fingerprint density at radius 1 is 1.35 bits per heavy atom. The zero-order valence-corrected chi connectivity index (χ0v) is 15.2. The van der Waals surface area contributed by atoms with E-state index < -0.39 is 0 Å². The maximum atomic E-state index is 12.1. The molecule has 0 saturated heterocycles. The van der Waals surface area contributed by atoms with E-state index in [0.717, 1.165) is 39.9 Å². The molecule has 3 rings (SSSR count). The Hall–Kier alpha value is -1.76. The van der Waals surface area contributed by atoms with Gasteiger partial charge in [0.05, 0.1) is 0 Å². The van der Waals surface area contributed by atoms with E-state index in [9.17, 15) is 4.79 Å². The third-order valence-electron chi connectivity index (χ3n) is 3.76. The van der Waals surface area contributed by atoms with E-state index in [4.69, 9.17) is 0 Å². The molecule has 1 aromatic carbocycles. The number of unbranched alkanes of at least 4 members (excludes halogenated alkanes) is 1. The lowest BCUT2D eigenvalue weighted by atomic mass is 10.1. The number of allylic oxidation sites excluding steroid dienone is 2. The molecule has 2 aliphatic rings. The molecule has 0 aromatic heterocycles. The molecule has 0 atom stereocenters. The fourth-order valence-corrected chi connectivity index (χ4v) is 3.07. The van der Waals surface area contributed by atoms with Crippen LogP contribution in [0.3, 0.4) is 0 Å². The van der Waals surface area contributed by atoms with Crippen molar-refractivity contribution in [1.29, 1.82) is 0 Å². The van der Waals surface area contributed by atoms with Crippen LogP contribution in [-0.4, -0.2) is 22.5 Å². The molecule has 0 fully saturated rings. The molecule has 2 aliphatic heterocycles. The Morgan fingerprint density at radius 3 is 3.00 bits per heavy atom. The Bertz CT molecular complexity index is 746. The van der Waals surface area contributed by atoms with Crippen LogP contribution >= 0.6 is 22.6 Å². The minimum absolute atomic E-state index is 0.0978. The highest BCUT2D eigenvalue weighted by Gasteiger charge is 2.21. The highest BCUT2D eigenvalue weighted by Crippen LogP contribution is 2.24. The van der Waals surface area contributed by atoms with Gasteiger partial charge in [-0.1, -0.05) is 37.6 Å². The molecule has 5 heteroatoms. The first kappa shape index (κ1) is 16.1. The fraction of sp³-hybridized carbons (Fsp3) is 0.278. The number of fused-ring (bicyclic) bond motifs is 2. The number of carbonyl (C=O) groups is 1. The van der Waals surface area contributed by atoms with Gasteiger partial charge in [-0.2, -0.15) is 4.99 Å². The molecule has 0 radical (unpaired) electrons. The summed E-state index contributed by atoms with van der Waals surface area (Å²) in [5.74, 6) is 1.25. The Labute approximate surface area is 149 Å². The van der Waals surface area contributed by atoms with E-state index in [1.165, 1.54) is 0 Å². The highest BCUT2D eigenvalue weighted by atomic mass is 127. The predicted molar refractivity (Wildman–Crippen MR) is 102 cm³/mol. The topological polar surface area (TPSA) is 45.0 Å². The minimum Gasteiger partial charge on any atom is -0.327 e. The molecule has 0 aliphatic carbocycles. The zero-order valence-electron chi connectivity index (χ0n) is 13.0. The third-order valence-corrected chi connectivity index (χ3v) is 4.40. The molecule has 2 heterocycles.